The maximum absolute atomic E-state index is 10.9. The first kappa shape index (κ1) is 9.52. The van der Waals surface area contributed by atoms with Crippen LogP contribution < -0.4 is 5.73 Å². The fourth-order valence-corrected chi connectivity index (χ4v) is 1.79. The average molecular weight is 171 g/mol. The molecular weight excluding hydrogens is 154 g/mol. The molecule has 0 aromatic carbocycles. The highest BCUT2D eigenvalue weighted by Crippen LogP contribution is 2.48. The van der Waals surface area contributed by atoms with Crippen LogP contribution in [0.3, 0.4) is 0 Å². The predicted octanol–water partition coefficient (Wildman–Crippen LogP) is 0.923. The van der Waals surface area contributed by atoms with E-state index in [2.05, 4.69) is 18.6 Å². The Morgan fingerprint density at radius 2 is 2.33 bits per heavy atom. The number of carbonyl (C=O) groups is 1. The van der Waals surface area contributed by atoms with E-state index in [1.54, 1.807) is 0 Å². The monoisotopic (exact) mass is 171 g/mol. The van der Waals surface area contributed by atoms with Crippen LogP contribution in [0.1, 0.15) is 26.7 Å². The normalized spacial score (nSPS) is 33.6. The number of ether oxygens (including phenoxy) is 1. The smallest absolute Gasteiger partial charge is 0.307 e. The summed E-state index contributed by atoms with van der Waals surface area (Å²) < 4.78 is 4.58. The summed E-state index contributed by atoms with van der Waals surface area (Å²) >= 11 is 0. The van der Waals surface area contributed by atoms with Crippen LogP contribution in [0.2, 0.25) is 0 Å². The summed E-state index contributed by atoms with van der Waals surface area (Å²) in [7, 11) is 1.40. The molecule has 0 spiro atoms. The van der Waals surface area contributed by atoms with E-state index in [1.165, 1.54) is 7.11 Å². The van der Waals surface area contributed by atoms with Crippen LogP contribution in [0, 0.1) is 11.8 Å². The summed E-state index contributed by atoms with van der Waals surface area (Å²) in [6, 6.07) is 0. The third-order valence-corrected chi connectivity index (χ3v) is 2.68. The fourth-order valence-electron chi connectivity index (χ4n) is 1.79. The maximum atomic E-state index is 10.9. The van der Waals surface area contributed by atoms with E-state index >= 15 is 0 Å². The van der Waals surface area contributed by atoms with Gasteiger partial charge in [0.2, 0.25) is 0 Å². The van der Waals surface area contributed by atoms with Gasteiger partial charge in [0.1, 0.15) is 0 Å². The summed E-state index contributed by atoms with van der Waals surface area (Å²) in [5.41, 5.74) is 5.70. The Morgan fingerprint density at radius 1 is 1.75 bits per heavy atom. The van der Waals surface area contributed by atoms with Crippen LogP contribution >= 0.6 is 0 Å². The molecule has 1 aliphatic rings. The molecule has 12 heavy (non-hydrogen) atoms. The number of hydrogen-bond donors (Lipinski definition) is 1. The predicted molar refractivity (Wildman–Crippen MR) is 46.5 cm³/mol. The van der Waals surface area contributed by atoms with Gasteiger partial charge in [0.05, 0.1) is 13.5 Å². The first-order valence-electron chi connectivity index (χ1n) is 4.35. The lowest BCUT2D eigenvalue weighted by Crippen LogP contribution is -2.30. The largest absolute Gasteiger partial charge is 0.469 e. The summed E-state index contributed by atoms with van der Waals surface area (Å²) in [6.07, 6.45) is 1.33. The van der Waals surface area contributed by atoms with Gasteiger partial charge < -0.3 is 10.5 Å². The van der Waals surface area contributed by atoms with Gasteiger partial charge in [-0.1, -0.05) is 13.8 Å². The van der Waals surface area contributed by atoms with Crippen molar-refractivity contribution in [3.05, 3.63) is 0 Å². The SMILES string of the molecule is COC(=O)CC1(N)CC1C(C)C. The third kappa shape index (κ3) is 1.78. The molecule has 0 heterocycles. The van der Waals surface area contributed by atoms with Crippen LogP contribution in [-0.4, -0.2) is 18.6 Å². The highest BCUT2D eigenvalue weighted by molar-refractivity contribution is 5.71. The van der Waals surface area contributed by atoms with Gasteiger partial charge in [-0.2, -0.15) is 0 Å². The Bertz CT molecular complexity index is 191. The number of hydrogen-bond acceptors (Lipinski definition) is 3. The van der Waals surface area contributed by atoms with Crippen LogP contribution in [-0.2, 0) is 9.53 Å². The number of rotatable bonds is 3. The van der Waals surface area contributed by atoms with E-state index in [0.29, 0.717) is 18.3 Å². The first-order valence-corrected chi connectivity index (χ1v) is 4.35. The molecule has 1 rings (SSSR count). The van der Waals surface area contributed by atoms with E-state index in [9.17, 15) is 4.79 Å². The summed E-state index contributed by atoms with van der Waals surface area (Å²) in [6.45, 7) is 4.27. The maximum Gasteiger partial charge on any atom is 0.307 e. The lowest BCUT2D eigenvalue weighted by Gasteiger charge is -2.11. The molecule has 1 aliphatic carbocycles. The Morgan fingerprint density at radius 3 is 2.67 bits per heavy atom. The van der Waals surface area contributed by atoms with Crippen molar-refractivity contribution < 1.29 is 9.53 Å². The second-order valence-corrected chi connectivity index (χ2v) is 4.04. The van der Waals surface area contributed by atoms with E-state index in [-0.39, 0.29) is 11.5 Å². The van der Waals surface area contributed by atoms with Gasteiger partial charge in [0.25, 0.3) is 0 Å². The van der Waals surface area contributed by atoms with Gasteiger partial charge in [-0.25, -0.2) is 0 Å². The van der Waals surface area contributed by atoms with Crippen LogP contribution in [0.4, 0.5) is 0 Å². The van der Waals surface area contributed by atoms with Crippen molar-refractivity contribution in [2.24, 2.45) is 17.6 Å². The second-order valence-electron chi connectivity index (χ2n) is 4.04. The molecule has 2 atom stereocenters. The molecule has 1 saturated carbocycles. The molecule has 0 aliphatic heterocycles. The number of methoxy groups -OCH3 is 1. The highest BCUT2D eigenvalue weighted by atomic mass is 16.5. The zero-order valence-electron chi connectivity index (χ0n) is 7.96. The molecule has 0 saturated heterocycles. The topological polar surface area (TPSA) is 52.3 Å². The van der Waals surface area contributed by atoms with E-state index in [1.807, 2.05) is 0 Å². The number of carbonyl (C=O) groups excluding carboxylic acids is 1. The van der Waals surface area contributed by atoms with Crippen molar-refractivity contribution in [1.29, 1.82) is 0 Å². The van der Waals surface area contributed by atoms with Crippen molar-refractivity contribution in [1.82, 2.24) is 0 Å². The minimum Gasteiger partial charge on any atom is -0.469 e. The van der Waals surface area contributed by atoms with Crippen molar-refractivity contribution in [2.45, 2.75) is 32.2 Å². The molecule has 0 aromatic heterocycles. The molecule has 2 N–H and O–H groups in total. The van der Waals surface area contributed by atoms with Crippen molar-refractivity contribution in [3.8, 4) is 0 Å². The fraction of sp³-hybridized carbons (Fsp3) is 0.889. The molecule has 0 amide bonds. The Hall–Kier alpha value is -0.570. The van der Waals surface area contributed by atoms with Gasteiger partial charge in [-0.3, -0.25) is 4.79 Å². The molecule has 1 fully saturated rings. The Kier molecular flexibility index (Phi) is 2.42. The standard InChI is InChI=1S/C9H17NO2/c1-6(2)7-4-9(7,10)5-8(11)12-3/h6-7H,4-5,10H2,1-3H3. The van der Waals surface area contributed by atoms with E-state index in [4.69, 9.17) is 5.73 Å². The van der Waals surface area contributed by atoms with E-state index in [0.717, 1.165) is 6.42 Å². The van der Waals surface area contributed by atoms with Crippen LogP contribution in [0.5, 0.6) is 0 Å². The third-order valence-electron chi connectivity index (χ3n) is 2.68. The van der Waals surface area contributed by atoms with E-state index < -0.39 is 0 Å². The lowest BCUT2D eigenvalue weighted by atomic mass is 10.0. The summed E-state index contributed by atoms with van der Waals surface area (Å²) in [4.78, 5) is 10.9. The molecule has 3 heteroatoms. The zero-order chi connectivity index (χ0) is 9.35. The number of esters is 1. The molecule has 0 aromatic rings. The quantitative estimate of drug-likeness (QED) is 0.642. The molecule has 0 radical (unpaired) electrons. The first-order chi connectivity index (χ1) is 5.49. The second kappa shape index (κ2) is 3.05. The molecule has 3 nitrogen and oxygen atoms in total. The summed E-state index contributed by atoms with van der Waals surface area (Å²) in [5, 5.41) is 0. The van der Waals surface area contributed by atoms with Gasteiger partial charge in [0.15, 0.2) is 0 Å². The Labute approximate surface area is 73.3 Å². The van der Waals surface area contributed by atoms with Crippen LogP contribution in [0.15, 0.2) is 0 Å². The van der Waals surface area contributed by atoms with Crippen molar-refractivity contribution in [2.75, 3.05) is 7.11 Å². The van der Waals surface area contributed by atoms with Crippen LogP contribution in [0.25, 0.3) is 0 Å². The minimum atomic E-state index is -0.263. The zero-order valence-corrected chi connectivity index (χ0v) is 7.96. The molecule has 70 valence electrons. The highest BCUT2D eigenvalue weighted by Gasteiger charge is 2.53. The molecular formula is C9H17NO2. The number of nitrogens with two attached hydrogens (primary N) is 1. The minimum absolute atomic E-state index is 0.194. The van der Waals surface area contributed by atoms with Gasteiger partial charge in [-0.05, 0) is 18.3 Å². The molecule has 0 bridgehead atoms. The summed E-state index contributed by atoms with van der Waals surface area (Å²) in [5.74, 6) is 0.872. The van der Waals surface area contributed by atoms with Gasteiger partial charge in [-0.15, -0.1) is 0 Å². The molecule has 2 unspecified atom stereocenters. The lowest BCUT2D eigenvalue weighted by molar-refractivity contribution is -0.141. The van der Waals surface area contributed by atoms with Gasteiger partial charge >= 0.3 is 5.97 Å². The van der Waals surface area contributed by atoms with Gasteiger partial charge in [0, 0.05) is 5.54 Å². The average Bonchev–Trinajstić information content (AvgIpc) is 2.62. The van der Waals surface area contributed by atoms with Crippen molar-refractivity contribution >= 4 is 5.97 Å². The van der Waals surface area contributed by atoms with Crippen molar-refractivity contribution in [3.63, 3.8) is 0 Å². The Balaban J connectivity index is 2.40.